The number of carbonyl (C=O) groups is 3. The zero-order valence-corrected chi connectivity index (χ0v) is 16.2. The van der Waals surface area contributed by atoms with Crippen LogP contribution in [0.15, 0.2) is 36.4 Å². The highest BCUT2D eigenvalue weighted by Gasteiger charge is 2.42. The molecule has 1 aromatic heterocycles. The van der Waals surface area contributed by atoms with E-state index in [1.165, 1.54) is 41.3 Å². The van der Waals surface area contributed by atoms with E-state index in [0.717, 1.165) is 11.3 Å². The molecule has 0 radical (unpaired) electrons. The third-order valence-corrected chi connectivity index (χ3v) is 5.32. The fourth-order valence-corrected chi connectivity index (χ4v) is 4.00. The Morgan fingerprint density at radius 3 is 2.50 bits per heavy atom. The van der Waals surface area contributed by atoms with Crippen LogP contribution in [0.4, 0.5) is 9.52 Å². The first-order valence-corrected chi connectivity index (χ1v) is 9.37. The number of thiazole rings is 1. The number of nitrogens with zero attached hydrogens (tertiary/aromatic N) is 2. The van der Waals surface area contributed by atoms with Crippen molar-refractivity contribution < 1.29 is 18.8 Å². The van der Waals surface area contributed by atoms with Crippen LogP contribution in [0.1, 0.15) is 51.8 Å². The molecule has 142 valence electrons. The minimum absolute atomic E-state index is 0.207. The Morgan fingerprint density at radius 2 is 1.79 bits per heavy atom. The second kappa shape index (κ2) is 6.20. The Morgan fingerprint density at radius 1 is 1.07 bits per heavy atom. The Labute approximate surface area is 164 Å². The van der Waals surface area contributed by atoms with Gasteiger partial charge in [0.05, 0.1) is 21.3 Å². The van der Waals surface area contributed by atoms with Gasteiger partial charge in [-0.3, -0.25) is 24.6 Å². The molecule has 4 rings (SSSR count). The molecule has 0 aliphatic carbocycles. The van der Waals surface area contributed by atoms with Crippen LogP contribution in [0, 0.1) is 5.82 Å². The Kier molecular flexibility index (Phi) is 4.04. The van der Waals surface area contributed by atoms with Gasteiger partial charge in [0.1, 0.15) is 5.82 Å². The largest absolute Gasteiger partial charge is 0.298 e. The van der Waals surface area contributed by atoms with Crippen molar-refractivity contribution in [3.8, 4) is 0 Å². The number of imide groups is 1. The minimum atomic E-state index is -0.661. The average molecular weight is 397 g/mol. The van der Waals surface area contributed by atoms with E-state index in [2.05, 4.69) is 10.3 Å². The monoisotopic (exact) mass is 397 g/mol. The van der Waals surface area contributed by atoms with Crippen molar-refractivity contribution in [3.63, 3.8) is 0 Å². The maximum absolute atomic E-state index is 13.3. The van der Waals surface area contributed by atoms with Crippen LogP contribution in [0.2, 0.25) is 0 Å². The number of nitrogens with one attached hydrogen (secondary N) is 1. The number of amides is 3. The molecule has 0 fully saturated rings. The highest BCUT2D eigenvalue weighted by molar-refractivity contribution is 7.22. The van der Waals surface area contributed by atoms with Crippen LogP contribution in [0.5, 0.6) is 0 Å². The summed E-state index contributed by atoms with van der Waals surface area (Å²) in [5, 5.41) is 2.99. The van der Waals surface area contributed by atoms with Crippen molar-refractivity contribution in [3.05, 3.63) is 58.9 Å². The number of halogens is 1. The van der Waals surface area contributed by atoms with Gasteiger partial charge in [-0.25, -0.2) is 9.37 Å². The predicted octanol–water partition coefficient (Wildman–Crippen LogP) is 4.08. The van der Waals surface area contributed by atoms with Gasteiger partial charge in [0.25, 0.3) is 17.7 Å². The van der Waals surface area contributed by atoms with Crippen molar-refractivity contribution >= 4 is 44.4 Å². The third kappa shape index (κ3) is 2.95. The zero-order valence-electron chi connectivity index (χ0n) is 15.4. The normalized spacial score (nSPS) is 13.9. The average Bonchev–Trinajstić information content (AvgIpc) is 3.12. The molecule has 0 saturated heterocycles. The molecule has 0 spiro atoms. The van der Waals surface area contributed by atoms with Gasteiger partial charge in [-0.2, -0.15) is 0 Å². The van der Waals surface area contributed by atoms with Crippen molar-refractivity contribution in [1.82, 2.24) is 9.88 Å². The van der Waals surface area contributed by atoms with Gasteiger partial charge in [-0.15, -0.1) is 0 Å². The molecule has 8 heteroatoms. The third-order valence-electron chi connectivity index (χ3n) is 4.39. The summed E-state index contributed by atoms with van der Waals surface area (Å²) in [7, 11) is 0. The lowest BCUT2D eigenvalue weighted by Gasteiger charge is -2.29. The number of aromatic nitrogens is 1. The molecule has 0 saturated carbocycles. The maximum atomic E-state index is 13.3. The molecule has 1 aliphatic heterocycles. The van der Waals surface area contributed by atoms with E-state index in [1.54, 1.807) is 20.8 Å². The Bertz CT molecular complexity index is 1160. The van der Waals surface area contributed by atoms with Crippen LogP contribution >= 0.6 is 11.3 Å². The highest BCUT2D eigenvalue weighted by Crippen LogP contribution is 2.31. The summed E-state index contributed by atoms with van der Waals surface area (Å²) < 4.78 is 13.9. The molecule has 6 nitrogen and oxygen atoms in total. The molecule has 0 unspecified atom stereocenters. The van der Waals surface area contributed by atoms with Crippen molar-refractivity contribution in [2.75, 3.05) is 5.32 Å². The van der Waals surface area contributed by atoms with Crippen LogP contribution in [0.3, 0.4) is 0 Å². The topological polar surface area (TPSA) is 79.4 Å². The van der Waals surface area contributed by atoms with Crippen molar-refractivity contribution in [1.29, 1.82) is 0 Å². The summed E-state index contributed by atoms with van der Waals surface area (Å²) in [5.74, 6) is -1.62. The lowest BCUT2D eigenvalue weighted by atomic mass is 10.1. The maximum Gasteiger partial charge on any atom is 0.262 e. The highest BCUT2D eigenvalue weighted by atomic mass is 32.1. The number of carbonyl (C=O) groups excluding carboxylic acids is 3. The Hall–Kier alpha value is -3.13. The van der Waals surface area contributed by atoms with Gasteiger partial charge in [0.2, 0.25) is 0 Å². The molecule has 2 aromatic carbocycles. The SMILES string of the molecule is CC(C)(C)N1C(=O)c2ccc(C(=O)Nc3nc4ccc(F)cc4s3)cc2C1=O. The first kappa shape index (κ1) is 18.2. The number of anilines is 1. The van der Waals surface area contributed by atoms with Crippen LogP contribution < -0.4 is 5.32 Å². The fraction of sp³-hybridized carbons (Fsp3) is 0.200. The number of benzene rings is 2. The lowest BCUT2D eigenvalue weighted by Crippen LogP contribution is -2.45. The van der Waals surface area contributed by atoms with E-state index in [-0.39, 0.29) is 28.4 Å². The number of hydrogen-bond donors (Lipinski definition) is 1. The van der Waals surface area contributed by atoms with Crippen molar-refractivity contribution in [2.45, 2.75) is 26.3 Å². The van der Waals surface area contributed by atoms with Crippen LogP contribution in [0.25, 0.3) is 10.2 Å². The Balaban J connectivity index is 1.62. The summed E-state index contributed by atoms with van der Waals surface area (Å²) >= 11 is 1.15. The molecule has 28 heavy (non-hydrogen) atoms. The summed E-state index contributed by atoms with van der Waals surface area (Å²) in [4.78, 5) is 43.2. The van der Waals surface area contributed by atoms with E-state index in [9.17, 15) is 18.8 Å². The summed E-state index contributed by atoms with van der Waals surface area (Å²) in [6.45, 7) is 5.33. The standard InChI is InChI=1S/C20H16FN3O3S/c1-20(2,3)24-17(26)12-6-4-10(8-13(12)18(24)27)16(25)23-19-22-14-7-5-11(21)9-15(14)28-19/h4-9H,1-3H3,(H,22,23,25). The van der Waals surface area contributed by atoms with Gasteiger partial charge in [-0.05, 0) is 57.2 Å². The van der Waals surface area contributed by atoms with E-state index >= 15 is 0 Å². The zero-order chi connectivity index (χ0) is 20.2. The molecule has 1 N–H and O–H groups in total. The van der Waals surface area contributed by atoms with E-state index in [1.807, 2.05) is 0 Å². The van der Waals surface area contributed by atoms with Crippen LogP contribution in [-0.2, 0) is 0 Å². The van der Waals surface area contributed by atoms with Gasteiger partial charge in [0.15, 0.2) is 5.13 Å². The van der Waals surface area contributed by atoms with E-state index in [4.69, 9.17) is 0 Å². The van der Waals surface area contributed by atoms with Gasteiger partial charge >= 0.3 is 0 Å². The fourth-order valence-electron chi connectivity index (χ4n) is 3.11. The lowest BCUT2D eigenvalue weighted by molar-refractivity contribution is 0.0507. The smallest absolute Gasteiger partial charge is 0.262 e. The van der Waals surface area contributed by atoms with E-state index < -0.39 is 17.4 Å². The molecule has 0 atom stereocenters. The molecule has 2 heterocycles. The van der Waals surface area contributed by atoms with Crippen LogP contribution in [-0.4, -0.2) is 33.1 Å². The number of fused-ring (bicyclic) bond motifs is 2. The molecular weight excluding hydrogens is 381 g/mol. The van der Waals surface area contributed by atoms with Crippen molar-refractivity contribution in [2.24, 2.45) is 0 Å². The molecule has 3 aromatic rings. The van der Waals surface area contributed by atoms with Gasteiger partial charge in [-0.1, -0.05) is 11.3 Å². The first-order valence-electron chi connectivity index (χ1n) is 8.55. The predicted molar refractivity (Wildman–Crippen MR) is 104 cm³/mol. The minimum Gasteiger partial charge on any atom is -0.298 e. The molecule has 3 amide bonds. The quantitative estimate of drug-likeness (QED) is 0.661. The summed E-state index contributed by atoms with van der Waals surface area (Å²) in [6.07, 6.45) is 0. The second-order valence-corrected chi connectivity index (χ2v) is 8.49. The van der Waals surface area contributed by atoms with Gasteiger partial charge < -0.3 is 0 Å². The first-order chi connectivity index (χ1) is 13.1. The van der Waals surface area contributed by atoms with Gasteiger partial charge in [0, 0.05) is 11.1 Å². The summed E-state index contributed by atoms with van der Waals surface area (Å²) in [5.41, 5.74) is 0.649. The molecule has 1 aliphatic rings. The molecular formula is C20H16FN3O3S. The van der Waals surface area contributed by atoms with E-state index in [0.29, 0.717) is 15.3 Å². The number of hydrogen-bond acceptors (Lipinski definition) is 5. The second-order valence-electron chi connectivity index (χ2n) is 7.46. The summed E-state index contributed by atoms with van der Waals surface area (Å²) in [6, 6.07) is 8.60. The molecule has 0 bridgehead atoms. The number of rotatable bonds is 2.